The summed E-state index contributed by atoms with van der Waals surface area (Å²) < 4.78 is 0. The van der Waals surface area contributed by atoms with Crippen LogP contribution in [-0.2, 0) is 0 Å². The lowest BCUT2D eigenvalue weighted by Gasteiger charge is -2.48. The first-order chi connectivity index (χ1) is 4.63. The quantitative estimate of drug-likeness (QED) is 0.492. The van der Waals surface area contributed by atoms with Gasteiger partial charge in [0.25, 0.3) is 0 Å². The molecule has 58 valence electrons. The first-order valence-corrected chi connectivity index (χ1v) is 4.31. The smallest absolute Gasteiger partial charge is 0.00381 e. The molecule has 1 heterocycles. The van der Waals surface area contributed by atoms with Crippen molar-refractivity contribution in [2.45, 2.75) is 20.3 Å². The maximum Gasteiger partial charge on any atom is 0.00381 e. The van der Waals surface area contributed by atoms with E-state index in [0.717, 1.165) is 11.8 Å². The van der Waals surface area contributed by atoms with E-state index in [1.54, 1.807) is 0 Å². The molecule has 3 unspecified atom stereocenters. The second-order valence-corrected chi connectivity index (χ2v) is 4.54. The Labute approximate surface area is 63.4 Å². The van der Waals surface area contributed by atoms with Crippen LogP contribution < -0.4 is 0 Å². The molecule has 0 bridgehead atoms. The summed E-state index contributed by atoms with van der Waals surface area (Å²) in [7, 11) is 2.25. The van der Waals surface area contributed by atoms with Gasteiger partial charge in [0.1, 0.15) is 0 Å². The van der Waals surface area contributed by atoms with Gasteiger partial charge in [-0.25, -0.2) is 0 Å². The summed E-state index contributed by atoms with van der Waals surface area (Å²) in [5.41, 5.74) is 0.689. The molecule has 1 saturated carbocycles. The molecular weight excluding hydrogens is 122 g/mol. The van der Waals surface area contributed by atoms with E-state index in [0.29, 0.717) is 5.41 Å². The van der Waals surface area contributed by atoms with Gasteiger partial charge in [0.2, 0.25) is 0 Å². The summed E-state index contributed by atoms with van der Waals surface area (Å²) in [6.07, 6.45) is 1.47. The third kappa shape index (κ3) is 0.619. The monoisotopic (exact) mass is 139 g/mol. The minimum absolute atomic E-state index is 0.689. The number of hydrogen-bond donors (Lipinski definition) is 0. The maximum absolute atomic E-state index is 2.48. The summed E-state index contributed by atoms with van der Waals surface area (Å²) >= 11 is 0. The highest BCUT2D eigenvalue weighted by Gasteiger charge is 2.53. The summed E-state index contributed by atoms with van der Waals surface area (Å²) in [5, 5.41) is 0. The lowest BCUT2D eigenvalue weighted by atomic mass is 9.56. The highest BCUT2D eigenvalue weighted by atomic mass is 15.1. The zero-order valence-electron chi connectivity index (χ0n) is 7.22. The molecule has 1 heteroatoms. The van der Waals surface area contributed by atoms with Crippen LogP contribution in [0.15, 0.2) is 0 Å². The number of nitrogens with zero attached hydrogens (tertiary/aromatic N) is 1. The third-order valence-electron chi connectivity index (χ3n) is 3.84. The van der Waals surface area contributed by atoms with Crippen molar-refractivity contribution in [3.63, 3.8) is 0 Å². The summed E-state index contributed by atoms with van der Waals surface area (Å²) in [5.74, 6) is 2.00. The van der Waals surface area contributed by atoms with Gasteiger partial charge in [-0.15, -0.1) is 0 Å². The molecule has 0 radical (unpaired) electrons. The molecule has 2 fully saturated rings. The van der Waals surface area contributed by atoms with Crippen LogP contribution in [0.5, 0.6) is 0 Å². The van der Waals surface area contributed by atoms with Crippen molar-refractivity contribution < 1.29 is 0 Å². The van der Waals surface area contributed by atoms with Crippen LogP contribution in [-0.4, -0.2) is 25.0 Å². The van der Waals surface area contributed by atoms with Crippen molar-refractivity contribution >= 4 is 0 Å². The van der Waals surface area contributed by atoms with Gasteiger partial charge < -0.3 is 4.90 Å². The van der Waals surface area contributed by atoms with Crippen LogP contribution in [0.1, 0.15) is 20.3 Å². The van der Waals surface area contributed by atoms with Gasteiger partial charge in [0.05, 0.1) is 0 Å². The predicted octanol–water partition coefficient (Wildman–Crippen LogP) is 1.59. The lowest BCUT2D eigenvalue weighted by molar-refractivity contribution is 0.0219. The Balaban J connectivity index is 2.14. The minimum atomic E-state index is 0.689. The Morgan fingerprint density at radius 1 is 1.50 bits per heavy atom. The van der Waals surface area contributed by atoms with E-state index in [1.807, 2.05) is 0 Å². The molecule has 0 amide bonds. The average Bonchev–Trinajstić information content (AvgIpc) is 2.07. The third-order valence-corrected chi connectivity index (χ3v) is 3.84. The Bertz CT molecular complexity index is 155. The van der Waals surface area contributed by atoms with E-state index in [-0.39, 0.29) is 0 Å². The largest absolute Gasteiger partial charge is 0.306 e. The Hall–Kier alpha value is -0.0400. The van der Waals surface area contributed by atoms with E-state index < -0.39 is 0 Å². The standard InChI is InChI=1S/C9H17N/c1-7-4-8-5-10(3)6-9(7,8)2/h7-8H,4-6H2,1-3H3. The normalized spacial score (nSPS) is 54.3. The first kappa shape index (κ1) is 6.66. The van der Waals surface area contributed by atoms with Gasteiger partial charge >= 0.3 is 0 Å². The van der Waals surface area contributed by atoms with Gasteiger partial charge in [-0.2, -0.15) is 0 Å². The molecule has 1 aliphatic carbocycles. The van der Waals surface area contributed by atoms with Crippen LogP contribution >= 0.6 is 0 Å². The van der Waals surface area contributed by atoms with Crippen molar-refractivity contribution in [2.24, 2.45) is 17.3 Å². The van der Waals surface area contributed by atoms with Gasteiger partial charge in [-0.3, -0.25) is 0 Å². The van der Waals surface area contributed by atoms with Gasteiger partial charge in [0.15, 0.2) is 0 Å². The highest BCUT2D eigenvalue weighted by molar-refractivity contribution is 5.04. The second kappa shape index (κ2) is 1.76. The molecule has 0 aromatic rings. The summed E-state index contributed by atoms with van der Waals surface area (Å²) in [4.78, 5) is 2.48. The number of likely N-dealkylation sites (tertiary alicyclic amines) is 1. The summed E-state index contributed by atoms with van der Waals surface area (Å²) in [6.45, 7) is 7.53. The van der Waals surface area contributed by atoms with E-state index >= 15 is 0 Å². The van der Waals surface area contributed by atoms with E-state index in [1.165, 1.54) is 19.5 Å². The van der Waals surface area contributed by atoms with Crippen LogP contribution in [0.4, 0.5) is 0 Å². The summed E-state index contributed by atoms with van der Waals surface area (Å²) in [6, 6.07) is 0. The number of fused-ring (bicyclic) bond motifs is 1. The molecule has 0 N–H and O–H groups in total. The molecule has 1 aliphatic heterocycles. The Morgan fingerprint density at radius 3 is 2.60 bits per heavy atom. The second-order valence-electron chi connectivity index (χ2n) is 4.54. The predicted molar refractivity (Wildman–Crippen MR) is 42.9 cm³/mol. The zero-order chi connectivity index (χ0) is 7.35. The maximum atomic E-state index is 2.48. The molecule has 2 rings (SSSR count). The van der Waals surface area contributed by atoms with Crippen LogP contribution in [0, 0.1) is 17.3 Å². The molecule has 0 aromatic carbocycles. The van der Waals surface area contributed by atoms with Gasteiger partial charge in [-0.05, 0) is 30.7 Å². The number of hydrogen-bond acceptors (Lipinski definition) is 1. The molecule has 1 saturated heterocycles. The van der Waals surface area contributed by atoms with Gasteiger partial charge in [0, 0.05) is 13.1 Å². The van der Waals surface area contributed by atoms with E-state index in [9.17, 15) is 0 Å². The van der Waals surface area contributed by atoms with Crippen molar-refractivity contribution in [3.05, 3.63) is 0 Å². The Morgan fingerprint density at radius 2 is 2.20 bits per heavy atom. The van der Waals surface area contributed by atoms with Crippen molar-refractivity contribution in [2.75, 3.05) is 20.1 Å². The average molecular weight is 139 g/mol. The molecule has 2 aliphatic rings. The van der Waals surface area contributed by atoms with Gasteiger partial charge in [-0.1, -0.05) is 13.8 Å². The SMILES string of the molecule is CC1CC2CN(C)CC12C. The Kier molecular flexibility index (Phi) is 1.17. The molecule has 0 spiro atoms. The molecule has 3 atom stereocenters. The van der Waals surface area contributed by atoms with Crippen molar-refractivity contribution in [1.82, 2.24) is 4.90 Å². The topological polar surface area (TPSA) is 3.24 Å². The van der Waals surface area contributed by atoms with Crippen LogP contribution in [0.25, 0.3) is 0 Å². The van der Waals surface area contributed by atoms with E-state index in [2.05, 4.69) is 25.8 Å². The fraction of sp³-hybridized carbons (Fsp3) is 1.00. The first-order valence-electron chi connectivity index (χ1n) is 4.31. The zero-order valence-corrected chi connectivity index (χ0v) is 7.22. The minimum Gasteiger partial charge on any atom is -0.306 e. The fourth-order valence-electron chi connectivity index (χ4n) is 2.80. The van der Waals surface area contributed by atoms with Crippen molar-refractivity contribution in [1.29, 1.82) is 0 Å². The van der Waals surface area contributed by atoms with E-state index in [4.69, 9.17) is 0 Å². The highest BCUT2D eigenvalue weighted by Crippen LogP contribution is 2.55. The fourth-order valence-corrected chi connectivity index (χ4v) is 2.80. The lowest BCUT2D eigenvalue weighted by Crippen LogP contribution is -2.44. The molecular formula is C9H17N. The molecule has 1 nitrogen and oxygen atoms in total. The van der Waals surface area contributed by atoms with Crippen LogP contribution in [0.2, 0.25) is 0 Å². The van der Waals surface area contributed by atoms with Crippen molar-refractivity contribution in [3.8, 4) is 0 Å². The molecule has 10 heavy (non-hydrogen) atoms. The van der Waals surface area contributed by atoms with Crippen LogP contribution in [0.3, 0.4) is 0 Å². The number of rotatable bonds is 0. The molecule has 0 aromatic heterocycles.